The molecule has 0 fully saturated rings. The van der Waals surface area contributed by atoms with Crippen LogP contribution in [0.15, 0.2) is 133 Å². The van der Waals surface area contributed by atoms with Gasteiger partial charge in [0.25, 0.3) is 0 Å². The van der Waals surface area contributed by atoms with Gasteiger partial charge in [-0.3, -0.25) is 0 Å². The molecule has 0 atom stereocenters. The van der Waals surface area contributed by atoms with E-state index < -0.39 is 0 Å². The molecule has 0 saturated heterocycles. The number of fused-ring (bicyclic) bond motifs is 7. The molecule has 2 aliphatic rings. The largest absolute Gasteiger partial charge is 0.456 e. The Kier molecular flexibility index (Phi) is 4.73. The Balaban J connectivity index is 1.20. The zero-order valence-corrected chi connectivity index (χ0v) is 23.6. The lowest BCUT2D eigenvalue weighted by atomic mass is 9.81. The standard InChI is InChI=1S/C41H28O/c1-41(2)35-21-17-26-11-6-7-12-30(26)39(35)34-19-16-28(23-36(34)41)29-20-22-37-40-32(29)13-8-14-33(40)31-18-15-27(24-38(31)42-37)25-9-4-3-5-10-25/h3-24H,1-2H3. The van der Waals surface area contributed by atoms with Crippen LogP contribution < -0.4 is 4.74 Å². The summed E-state index contributed by atoms with van der Waals surface area (Å²) in [5.41, 5.74) is 12.7. The third-order valence-electron chi connectivity index (χ3n) is 9.48. The summed E-state index contributed by atoms with van der Waals surface area (Å²) >= 11 is 0. The van der Waals surface area contributed by atoms with Crippen LogP contribution in [-0.4, -0.2) is 0 Å². The molecule has 0 spiro atoms. The highest BCUT2D eigenvalue weighted by molar-refractivity contribution is 6.10. The van der Waals surface area contributed by atoms with E-state index in [-0.39, 0.29) is 5.41 Å². The van der Waals surface area contributed by atoms with E-state index in [9.17, 15) is 0 Å². The molecule has 7 aromatic carbocycles. The molecule has 1 aliphatic heterocycles. The van der Waals surface area contributed by atoms with Gasteiger partial charge in [-0.1, -0.05) is 123 Å². The van der Waals surface area contributed by atoms with Gasteiger partial charge < -0.3 is 4.74 Å². The predicted molar refractivity (Wildman–Crippen MR) is 175 cm³/mol. The summed E-state index contributed by atoms with van der Waals surface area (Å²) in [6.07, 6.45) is 0. The minimum absolute atomic E-state index is 0.0738. The molecule has 0 bridgehead atoms. The molecule has 0 saturated carbocycles. The topological polar surface area (TPSA) is 9.23 Å². The molecule has 42 heavy (non-hydrogen) atoms. The lowest BCUT2D eigenvalue weighted by Gasteiger charge is -2.24. The Labute approximate surface area is 245 Å². The fourth-order valence-corrected chi connectivity index (χ4v) is 7.37. The van der Waals surface area contributed by atoms with E-state index in [1.807, 2.05) is 0 Å². The minimum Gasteiger partial charge on any atom is -0.456 e. The lowest BCUT2D eigenvalue weighted by Crippen LogP contribution is -2.15. The second-order valence-electron chi connectivity index (χ2n) is 12.1. The van der Waals surface area contributed by atoms with Crippen LogP contribution in [0.3, 0.4) is 0 Å². The SMILES string of the molecule is CC1(C)c2cc(-c3ccc4c5c(cccc35)-c3ccc(-c5ccccc5)cc3O4)ccc2-c2c1ccc1ccccc21. The number of ether oxygens (including phenoxy) is 1. The molecule has 0 radical (unpaired) electrons. The molecular weight excluding hydrogens is 508 g/mol. The van der Waals surface area contributed by atoms with Crippen molar-refractivity contribution in [1.29, 1.82) is 0 Å². The smallest absolute Gasteiger partial charge is 0.135 e. The van der Waals surface area contributed by atoms with Crippen LogP contribution in [0.2, 0.25) is 0 Å². The summed E-state index contributed by atoms with van der Waals surface area (Å²) in [7, 11) is 0. The van der Waals surface area contributed by atoms with E-state index in [0.29, 0.717) is 0 Å². The first-order valence-electron chi connectivity index (χ1n) is 14.7. The van der Waals surface area contributed by atoms with Crippen molar-refractivity contribution in [2.45, 2.75) is 19.3 Å². The predicted octanol–water partition coefficient (Wildman–Crippen LogP) is 11.4. The van der Waals surface area contributed by atoms with Gasteiger partial charge in [-0.25, -0.2) is 0 Å². The molecule has 0 N–H and O–H groups in total. The number of hydrogen-bond acceptors (Lipinski definition) is 1. The first-order valence-corrected chi connectivity index (χ1v) is 14.7. The summed E-state index contributed by atoms with van der Waals surface area (Å²) in [5, 5.41) is 5.04. The first kappa shape index (κ1) is 23.6. The zero-order chi connectivity index (χ0) is 28.0. The molecular formula is C41H28O. The Morgan fingerprint density at radius 2 is 1.21 bits per heavy atom. The van der Waals surface area contributed by atoms with Crippen LogP contribution in [0.25, 0.3) is 66.1 Å². The van der Waals surface area contributed by atoms with Crippen LogP contribution in [0.4, 0.5) is 0 Å². The highest BCUT2D eigenvalue weighted by Gasteiger charge is 2.36. The maximum atomic E-state index is 6.59. The number of benzene rings is 7. The number of hydrogen-bond donors (Lipinski definition) is 0. The van der Waals surface area contributed by atoms with Crippen LogP contribution in [-0.2, 0) is 5.41 Å². The van der Waals surface area contributed by atoms with E-state index in [0.717, 1.165) is 22.6 Å². The van der Waals surface area contributed by atoms with Crippen molar-refractivity contribution < 1.29 is 4.74 Å². The summed E-state index contributed by atoms with van der Waals surface area (Å²) in [6, 6.07) is 48.6. The Morgan fingerprint density at radius 1 is 0.452 bits per heavy atom. The monoisotopic (exact) mass is 536 g/mol. The van der Waals surface area contributed by atoms with E-state index in [1.54, 1.807) is 0 Å². The molecule has 0 unspecified atom stereocenters. The minimum atomic E-state index is -0.0738. The maximum absolute atomic E-state index is 6.59. The van der Waals surface area contributed by atoms with Crippen molar-refractivity contribution in [2.75, 3.05) is 0 Å². The van der Waals surface area contributed by atoms with Gasteiger partial charge in [-0.15, -0.1) is 0 Å². The molecule has 1 nitrogen and oxygen atoms in total. The second kappa shape index (κ2) is 8.44. The third-order valence-corrected chi connectivity index (χ3v) is 9.48. The van der Waals surface area contributed by atoms with Crippen molar-refractivity contribution >= 4 is 21.5 Å². The Bertz CT molecular complexity index is 2240. The zero-order valence-electron chi connectivity index (χ0n) is 23.6. The maximum Gasteiger partial charge on any atom is 0.135 e. The highest BCUT2D eigenvalue weighted by atomic mass is 16.5. The summed E-state index contributed by atoms with van der Waals surface area (Å²) < 4.78 is 6.59. The van der Waals surface area contributed by atoms with Crippen LogP contribution in [0.1, 0.15) is 25.0 Å². The summed E-state index contributed by atoms with van der Waals surface area (Å²) in [5.74, 6) is 1.83. The fraction of sp³-hybridized carbons (Fsp3) is 0.0732. The molecule has 9 rings (SSSR count). The summed E-state index contributed by atoms with van der Waals surface area (Å²) in [4.78, 5) is 0. The summed E-state index contributed by atoms with van der Waals surface area (Å²) in [6.45, 7) is 4.73. The van der Waals surface area contributed by atoms with Crippen molar-refractivity contribution in [3.8, 4) is 56.0 Å². The molecule has 0 aromatic heterocycles. The first-order chi connectivity index (χ1) is 20.6. The van der Waals surface area contributed by atoms with Crippen molar-refractivity contribution in [2.24, 2.45) is 0 Å². The normalized spacial score (nSPS) is 13.9. The average Bonchev–Trinajstić information content (AvgIpc) is 3.27. The van der Waals surface area contributed by atoms with Gasteiger partial charge in [0.05, 0.1) is 0 Å². The van der Waals surface area contributed by atoms with Crippen molar-refractivity contribution in [1.82, 2.24) is 0 Å². The van der Waals surface area contributed by atoms with Gasteiger partial charge in [-0.05, 0) is 90.5 Å². The molecule has 1 heteroatoms. The van der Waals surface area contributed by atoms with Crippen LogP contribution >= 0.6 is 0 Å². The third kappa shape index (κ3) is 3.19. The Morgan fingerprint density at radius 3 is 2.12 bits per heavy atom. The van der Waals surface area contributed by atoms with Gasteiger partial charge in [0, 0.05) is 16.4 Å². The average molecular weight is 537 g/mol. The van der Waals surface area contributed by atoms with Gasteiger partial charge >= 0.3 is 0 Å². The van der Waals surface area contributed by atoms with E-state index in [2.05, 4.69) is 147 Å². The molecule has 7 aromatic rings. The molecule has 1 heterocycles. The highest BCUT2D eigenvalue weighted by Crippen LogP contribution is 2.53. The lowest BCUT2D eigenvalue weighted by molar-refractivity contribution is 0.487. The molecule has 0 amide bonds. The number of rotatable bonds is 2. The Hall–Kier alpha value is -5.14. The van der Waals surface area contributed by atoms with Crippen LogP contribution in [0, 0.1) is 0 Å². The quantitative estimate of drug-likeness (QED) is 0.213. The van der Waals surface area contributed by atoms with Crippen LogP contribution in [0.5, 0.6) is 11.5 Å². The second-order valence-corrected chi connectivity index (χ2v) is 12.1. The fourth-order valence-electron chi connectivity index (χ4n) is 7.37. The van der Waals surface area contributed by atoms with Crippen molar-refractivity contribution in [3.05, 3.63) is 145 Å². The van der Waals surface area contributed by atoms with Gasteiger partial charge in [0.2, 0.25) is 0 Å². The molecule has 1 aliphatic carbocycles. The van der Waals surface area contributed by atoms with Gasteiger partial charge in [0.1, 0.15) is 11.5 Å². The molecule has 198 valence electrons. The van der Waals surface area contributed by atoms with Gasteiger partial charge in [0.15, 0.2) is 0 Å². The van der Waals surface area contributed by atoms with E-state index in [1.165, 1.54) is 66.1 Å². The van der Waals surface area contributed by atoms with Crippen molar-refractivity contribution in [3.63, 3.8) is 0 Å². The van der Waals surface area contributed by atoms with Gasteiger partial charge in [-0.2, -0.15) is 0 Å². The van der Waals surface area contributed by atoms with E-state index in [4.69, 9.17) is 4.74 Å². The van der Waals surface area contributed by atoms with E-state index >= 15 is 0 Å².